The highest BCUT2D eigenvalue weighted by atomic mass is 79.9. The predicted octanol–water partition coefficient (Wildman–Crippen LogP) is 3.57. The minimum atomic E-state index is -0.0150. The van der Waals surface area contributed by atoms with Crippen LogP contribution in [0.5, 0.6) is 0 Å². The lowest BCUT2D eigenvalue weighted by atomic mass is 10.2. The van der Waals surface area contributed by atoms with Crippen LogP contribution in [0, 0.1) is 5.92 Å². The Morgan fingerprint density at radius 1 is 1.30 bits per heavy atom. The Morgan fingerprint density at radius 2 is 2.10 bits per heavy atom. The summed E-state index contributed by atoms with van der Waals surface area (Å²) < 4.78 is 6.65. The summed E-state index contributed by atoms with van der Waals surface area (Å²) in [5.41, 5.74) is 3.50. The Hall–Kier alpha value is -1.88. The molecule has 1 aromatic heterocycles. The lowest BCUT2D eigenvalue weighted by Gasteiger charge is -1.99. The van der Waals surface area contributed by atoms with Crippen molar-refractivity contribution in [2.45, 2.75) is 12.8 Å². The van der Waals surface area contributed by atoms with E-state index in [-0.39, 0.29) is 11.8 Å². The summed E-state index contributed by atoms with van der Waals surface area (Å²) in [5, 5.41) is 3.90. The molecule has 20 heavy (non-hydrogen) atoms. The SMILES string of the molecule is O=C(N/N=C\c1ccc(-c2ccccc2Br)o1)C1CC1. The molecule has 0 unspecified atom stereocenters. The molecule has 0 atom stereocenters. The third-order valence-corrected chi connectivity index (χ3v) is 3.77. The minimum absolute atomic E-state index is 0.0150. The van der Waals surface area contributed by atoms with E-state index in [4.69, 9.17) is 4.42 Å². The average Bonchev–Trinajstić information content (AvgIpc) is 3.20. The molecule has 3 rings (SSSR count). The van der Waals surface area contributed by atoms with Crippen molar-refractivity contribution in [3.63, 3.8) is 0 Å². The van der Waals surface area contributed by atoms with E-state index in [0.29, 0.717) is 5.76 Å². The average molecular weight is 333 g/mol. The van der Waals surface area contributed by atoms with Crippen molar-refractivity contribution in [1.82, 2.24) is 5.43 Å². The summed E-state index contributed by atoms with van der Waals surface area (Å²) in [4.78, 5) is 11.4. The Morgan fingerprint density at radius 3 is 2.85 bits per heavy atom. The van der Waals surface area contributed by atoms with Gasteiger partial charge in [0.15, 0.2) is 0 Å². The third-order valence-electron chi connectivity index (χ3n) is 3.08. The van der Waals surface area contributed by atoms with Gasteiger partial charge >= 0.3 is 0 Å². The first-order chi connectivity index (χ1) is 9.74. The summed E-state index contributed by atoms with van der Waals surface area (Å²) in [6.07, 6.45) is 3.45. The van der Waals surface area contributed by atoms with Crippen LogP contribution in [0.25, 0.3) is 11.3 Å². The number of furan rings is 1. The van der Waals surface area contributed by atoms with Crippen LogP contribution in [0.2, 0.25) is 0 Å². The second-order valence-electron chi connectivity index (χ2n) is 4.69. The molecule has 1 aliphatic rings. The fourth-order valence-corrected chi connectivity index (χ4v) is 2.30. The van der Waals surface area contributed by atoms with E-state index in [2.05, 4.69) is 26.5 Å². The number of hydrazone groups is 1. The maximum Gasteiger partial charge on any atom is 0.243 e. The molecule has 0 bridgehead atoms. The van der Waals surface area contributed by atoms with Gasteiger partial charge in [-0.1, -0.05) is 34.1 Å². The largest absolute Gasteiger partial charge is 0.455 e. The van der Waals surface area contributed by atoms with E-state index in [1.165, 1.54) is 6.21 Å². The molecule has 1 fully saturated rings. The number of hydrogen-bond donors (Lipinski definition) is 1. The van der Waals surface area contributed by atoms with Gasteiger partial charge in [0, 0.05) is 16.0 Å². The van der Waals surface area contributed by atoms with Gasteiger partial charge in [-0.3, -0.25) is 4.79 Å². The van der Waals surface area contributed by atoms with E-state index in [0.717, 1.165) is 28.6 Å². The van der Waals surface area contributed by atoms with Crippen molar-refractivity contribution in [2.24, 2.45) is 11.0 Å². The van der Waals surface area contributed by atoms with Crippen molar-refractivity contribution in [3.8, 4) is 11.3 Å². The number of rotatable bonds is 4. The number of carbonyl (C=O) groups is 1. The maximum atomic E-state index is 11.4. The fourth-order valence-electron chi connectivity index (χ4n) is 1.82. The molecule has 1 heterocycles. The highest BCUT2D eigenvalue weighted by molar-refractivity contribution is 9.10. The summed E-state index contributed by atoms with van der Waals surface area (Å²) in [6, 6.07) is 11.5. The van der Waals surface area contributed by atoms with E-state index < -0.39 is 0 Å². The van der Waals surface area contributed by atoms with Gasteiger partial charge in [0.05, 0.1) is 6.21 Å². The van der Waals surface area contributed by atoms with E-state index >= 15 is 0 Å². The lowest BCUT2D eigenvalue weighted by molar-refractivity contribution is -0.122. The molecule has 1 aromatic carbocycles. The second kappa shape index (κ2) is 5.63. The van der Waals surface area contributed by atoms with Crippen molar-refractivity contribution < 1.29 is 9.21 Å². The first-order valence-electron chi connectivity index (χ1n) is 6.42. The second-order valence-corrected chi connectivity index (χ2v) is 5.54. The van der Waals surface area contributed by atoms with Crippen LogP contribution in [0.3, 0.4) is 0 Å². The summed E-state index contributed by atoms with van der Waals surface area (Å²) in [7, 11) is 0. The number of hydrogen-bond acceptors (Lipinski definition) is 3. The van der Waals surface area contributed by atoms with Gasteiger partial charge in [-0.15, -0.1) is 0 Å². The standard InChI is InChI=1S/C15H13BrN2O2/c16-13-4-2-1-3-12(13)14-8-7-11(20-14)9-17-18-15(19)10-5-6-10/h1-4,7-10H,5-6H2,(H,18,19)/b17-9-. The summed E-state index contributed by atoms with van der Waals surface area (Å²) in [6.45, 7) is 0. The Labute approximate surface area is 125 Å². The van der Waals surface area contributed by atoms with E-state index in [1.807, 2.05) is 36.4 Å². The van der Waals surface area contributed by atoms with Gasteiger partial charge in [0.1, 0.15) is 11.5 Å². The summed E-state index contributed by atoms with van der Waals surface area (Å²) >= 11 is 3.49. The fraction of sp³-hybridized carbons (Fsp3) is 0.200. The van der Waals surface area contributed by atoms with Crippen LogP contribution in [0.1, 0.15) is 18.6 Å². The molecule has 1 N–H and O–H groups in total. The Kier molecular flexibility index (Phi) is 3.69. The molecule has 2 aromatic rings. The smallest absolute Gasteiger partial charge is 0.243 e. The van der Waals surface area contributed by atoms with Gasteiger partial charge in [0.2, 0.25) is 5.91 Å². The number of amides is 1. The van der Waals surface area contributed by atoms with Crippen molar-refractivity contribution in [1.29, 1.82) is 0 Å². The van der Waals surface area contributed by atoms with Crippen LogP contribution in [0.4, 0.5) is 0 Å². The van der Waals surface area contributed by atoms with Crippen LogP contribution >= 0.6 is 15.9 Å². The van der Waals surface area contributed by atoms with Crippen LogP contribution < -0.4 is 5.43 Å². The highest BCUT2D eigenvalue weighted by Gasteiger charge is 2.29. The zero-order valence-corrected chi connectivity index (χ0v) is 12.3. The van der Waals surface area contributed by atoms with Gasteiger partial charge in [-0.2, -0.15) is 5.10 Å². The molecule has 102 valence electrons. The molecule has 1 amide bonds. The number of benzene rings is 1. The van der Waals surface area contributed by atoms with E-state index in [1.54, 1.807) is 0 Å². The molecule has 0 spiro atoms. The van der Waals surface area contributed by atoms with Crippen molar-refractivity contribution in [3.05, 3.63) is 46.6 Å². The number of halogens is 1. The Balaban J connectivity index is 1.69. The molecule has 5 heteroatoms. The quantitative estimate of drug-likeness (QED) is 0.687. The van der Waals surface area contributed by atoms with Crippen molar-refractivity contribution >= 4 is 28.1 Å². The number of nitrogens with one attached hydrogen (secondary N) is 1. The molecule has 0 aliphatic heterocycles. The highest BCUT2D eigenvalue weighted by Crippen LogP contribution is 2.29. The maximum absolute atomic E-state index is 11.4. The molecule has 0 saturated heterocycles. The number of carbonyl (C=O) groups excluding carboxylic acids is 1. The monoisotopic (exact) mass is 332 g/mol. The van der Waals surface area contributed by atoms with Gasteiger partial charge in [-0.25, -0.2) is 5.43 Å². The molecular formula is C15H13BrN2O2. The first-order valence-corrected chi connectivity index (χ1v) is 7.21. The van der Waals surface area contributed by atoms with Gasteiger partial charge < -0.3 is 4.42 Å². The normalized spacial score (nSPS) is 14.7. The summed E-state index contributed by atoms with van der Waals surface area (Å²) in [5.74, 6) is 1.50. The van der Waals surface area contributed by atoms with E-state index in [9.17, 15) is 4.79 Å². The van der Waals surface area contributed by atoms with Crippen LogP contribution in [-0.2, 0) is 4.79 Å². The van der Waals surface area contributed by atoms with Gasteiger partial charge in [0.25, 0.3) is 0 Å². The first kappa shape index (κ1) is 13.1. The molecular weight excluding hydrogens is 320 g/mol. The van der Waals surface area contributed by atoms with Crippen LogP contribution in [0.15, 0.2) is 50.4 Å². The number of nitrogens with zero attached hydrogens (tertiary/aromatic N) is 1. The zero-order valence-electron chi connectivity index (χ0n) is 10.7. The molecule has 1 saturated carbocycles. The predicted molar refractivity (Wildman–Crippen MR) is 80.3 cm³/mol. The molecule has 4 nitrogen and oxygen atoms in total. The topological polar surface area (TPSA) is 54.6 Å². The molecule has 0 radical (unpaired) electrons. The Bertz CT molecular complexity index is 659. The lowest BCUT2D eigenvalue weighted by Crippen LogP contribution is -2.18. The van der Waals surface area contributed by atoms with Crippen LogP contribution in [-0.4, -0.2) is 12.1 Å². The molecule has 1 aliphatic carbocycles. The third kappa shape index (κ3) is 2.99. The minimum Gasteiger partial charge on any atom is -0.455 e. The zero-order chi connectivity index (χ0) is 13.9. The van der Waals surface area contributed by atoms with Crippen molar-refractivity contribution in [2.75, 3.05) is 0 Å². The van der Waals surface area contributed by atoms with Gasteiger partial charge in [-0.05, 0) is 31.0 Å².